The fraction of sp³-hybridized carbons (Fsp3) is 0.0833. The lowest BCUT2D eigenvalue weighted by molar-refractivity contribution is 0.413. The molecule has 0 saturated heterocycles. The quantitative estimate of drug-likeness (QED) is 0.668. The van der Waals surface area contributed by atoms with Gasteiger partial charge in [0.25, 0.3) is 0 Å². The molecule has 0 aliphatic carbocycles. The summed E-state index contributed by atoms with van der Waals surface area (Å²) in [5, 5.41) is 0. The number of imidazole rings is 1. The van der Waals surface area contributed by atoms with E-state index in [-0.39, 0.29) is 0 Å². The molecular weight excluding hydrogens is 216 g/mol. The lowest BCUT2D eigenvalue weighted by Crippen LogP contribution is -1.97. The molecule has 3 aromatic rings. The molecule has 0 atom stereocenters. The van der Waals surface area contributed by atoms with Crippen LogP contribution >= 0.6 is 0 Å². The Bertz CT molecular complexity index is 662. The van der Waals surface area contributed by atoms with Crippen molar-refractivity contribution in [3.05, 3.63) is 43.1 Å². The van der Waals surface area contributed by atoms with Gasteiger partial charge in [-0.25, -0.2) is 15.0 Å². The number of aromatic nitrogens is 4. The zero-order valence-electron chi connectivity index (χ0n) is 9.24. The summed E-state index contributed by atoms with van der Waals surface area (Å²) in [6.07, 6.45) is 4.92. The number of rotatable bonds is 2. The molecule has 5 heteroatoms. The van der Waals surface area contributed by atoms with Gasteiger partial charge >= 0.3 is 0 Å². The zero-order valence-corrected chi connectivity index (χ0v) is 9.24. The fourth-order valence-electron chi connectivity index (χ4n) is 1.77. The van der Waals surface area contributed by atoms with Crippen LogP contribution in [0.3, 0.4) is 0 Å². The van der Waals surface area contributed by atoms with E-state index < -0.39 is 0 Å². The molecule has 0 radical (unpaired) electrons. The second-order valence-corrected chi connectivity index (χ2v) is 3.52. The van der Waals surface area contributed by atoms with Gasteiger partial charge in [0.1, 0.15) is 23.9 Å². The Balaban J connectivity index is 2.27. The van der Waals surface area contributed by atoms with Gasteiger partial charge in [-0.1, -0.05) is 12.1 Å². The van der Waals surface area contributed by atoms with Crippen molar-refractivity contribution in [2.75, 3.05) is 7.11 Å². The van der Waals surface area contributed by atoms with Crippen LogP contribution < -0.4 is 4.74 Å². The molecule has 0 unspecified atom stereocenters. The van der Waals surface area contributed by atoms with Crippen molar-refractivity contribution in [2.24, 2.45) is 0 Å². The number of para-hydroxylation sites is 2. The highest BCUT2D eigenvalue weighted by Gasteiger charge is 2.09. The molecule has 0 N–H and O–H groups in total. The van der Waals surface area contributed by atoms with Crippen molar-refractivity contribution in [3.63, 3.8) is 0 Å². The smallest absolute Gasteiger partial charge is 0.167 e. The SMILES string of the molecule is COc1ccccc1-n1cnc2cncnc21. The van der Waals surface area contributed by atoms with Crippen molar-refractivity contribution < 1.29 is 4.74 Å². The third-order valence-electron chi connectivity index (χ3n) is 2.56. The van der Waals surface area contributed by atoms with E-state index in [1.165, 1.54) is 6.33 Å². The highest BCUT2D eigenvalue weighted by Crippen LogP contribution is 2.24. The van der Waals surface area contributed by atoms with E-state index in [4.69, 9.17) is 4.74 Å². The first kappa shape index (κ1) is 9.77. The second kappa shape index (κ2) is 3.86. The van der Waals surface area contributed by atoms with Gasteiger partial charge in [0.15, 0.2) is 5.65 Å². The first-order valence-corrected chi connectivity index (χ1v) is 5.16. The Kier molecular flexibility index (Phi) is 2.22. The standard InChI is InChI=1S/C12H10N4O/c1-17-11-5-3-2-4-10(11)16-8-15-9-6-13-7-14-12(9)16/h2-8H,1H3. The van der Waals surface area contributed by atoms with Crippen molar-refractivity contribution in [1.29, 1.82) is 0 Å². The molecule has 1 aromatic carbocycles. The van der Waals surface area contributed by atoms with Crippen molar-refractivity contribution in [1.82, 2.24) is 19.5 Å². The average Bonchev–Trinajstić information content (AvgIpc) is 2.82. The Labute approximate surface area is 97.7 Å². The van der Waals surface area contributed by atoms with E-state index in [2.05, 4.69) is 15.0 Å². The molecule has 0 spiro atoms. The third kappa shape index (κ3) is 1.52. The molecule has 3 rings (SSSR count). The van der Waals surface area contributed by atoms with E-state index in [1.807, 2.05) is 28.8 Å². The van der Waals surface area contributed by atoms with Crippen LogP contribution in [0.5, 0.6) is 5.75 Å². The Hall–Kier alpha value is -2.43. The molecule has 0 saturated carbocycles. The molecule has 0 amide bonds. The second-order valence-electron chi connectivity index (χ2n) is 3.52. The van der Waals surface area contributed by atoms with Crippen LogP contribution in [0.1, 0.15) is 0 Å². The largest absolute Gasteiger partial charge is 0.495 e. The monoisotopic (exact) mass is 226 g/mol. The number of nitrogens with zero attached hydrogens (tertiary/aromatic N) is 4. The lowest BCUT2D eigenvalue weighted by atomic mass is 10.3. The predicted octanol–water partition coefficient (Wildman–Crippen LogP) is 1.82. The Morgan fingerprint density at radius 1 is 1.18 bits per heavy atom. The molecule has 0 bridgehead atoms. The van der Waals surface area contributed by atoms with Gasteiger partial charge in [0.2, 0.25) is 0 Å². The Morgan fingerprint density at radius 2 is 2.06 bits per heavy atom. The number of ether oxygens (including phenoxy) is 1. The van der Waals surface area contributed by atoms with Crippen molar-refractivity contribution in [2.45, 2.75) is 0 Å². The number of hydrogen-bond donors (Lipinski definition) is 0. The summed E-state index contributed by atoms with van der Waals surface area (Å²) in [6.45, 7) is 0. The molecule has 17 heavy (non-hydrogen) atoms. The maximum atomic E-state index is 5.33. The maximum absolute atomic E-state index is 5.33. The molecule has 2 heterocycles. The third-order valence-corrected chi connectivity index (χ3v) is 2.56. The predicted molar refractivity (Wildman–Crippen MR) is 63.2 cm³/mol. The van der Waals surface area contributed by atoms with E-state index in [9.17, 15) is 0 Å². The molecule has 0 fully saturated rings. The number of fused-ring (bicyclic) bond motifs is 1. The first-order valence-electron chi connectivity index (χ1n) is 5.16. The maximum Gasteiger partial charge on any atom is 0.167 e. The van der Waals surface area contributed by atoms with E-state index in [1.54, 1.807) is 19.6 Å². The molecule has 2 aromatic heterocycles. The molecule has 0 aliphatic rings. The number of hydrogen-bond acceptors (Lipinski definition) is 4. The van der Waals surface area contributed by atoms with Gasteiger partial charge in [-0.15, -0.1) is 0 Å². The number of benzene rings is 1. The van der Waals surface area contributed by atoms with Gasteiger partial charge in [-0.3, -0.25) is 4.57 Å². The fourth-order valence-corrected chi connectivity index (χ4v) is 1.77. The topological polar surface area (TPSA) is 52.8 Å². The summed E-state index contributed by atoms with van der Waals surface area (Å²) in [5.41, 5.74) is 2.44. The van der Waals surface area contributed by atoms with Crippen molar-refractivity contribution in [3.8, 4) is 11.4 Å². The van der Waals surface area contributed by atoms with Gasteiger partial charge in [-0.2, -0.15) is 0 Å². The Morgan fingerprint density at radius 3 is 2.94 bits per heavy atom. The molecule has 0 aliphatic heterocycles. The summed E-state index contributed by atoms with van der Waals surface area (Å²) in [5.74, 6) is 0.783. The first-order chi connectivity index (χ1) is 8.40. The van der Waals surface area contributed by atoms with E-state index in [0.29, 0.717) is 0 Å². The molecule has 5 nitrogen and oxygen atoms in total. The normalized spacial score (nSPS) is 10.6. The average molecular weight is 226 g/mol. The van der Waals surface area contributed by atoms with E-state index >= 15 is 0 Å². The highest BCUT2D eigenvalue weighted by molar-refractivity contribution is 5.72. The van der Waals surface area contributed by atoms with E-state index in [0.717, 1.165) is 22.6 Å². The number of methoxy groups -OCH3 is 1. The molecular formula is C12H10N4O. The summed E-state index contributed by atoms with van der Waals surface area (Å²) in [7, 11) is 1.65. The zero-order chi connectivity index (χ0) is 11.7. The van der Waals surface area contributed by atoms with Crippen LogP contribution in [0.4, 0.5) is 0 Å². The van der Waals surface area contributed by atoms with Crippen LogP contribution in [0.25, 0.3) is 16.9 Å². The lowest BCUT2D eigenvalue weighted by Gasteiger charge is -2.08. The highest BCUT2D eigenvalue weighted by atomic mass is 16.5. The van der Waals surface area contributed by atoms with Crippen LogP contribution in [0.15, 0.2) is 43.1 Å². The van der Waals surface area contributed by atoms with Crippen LogP contribution in [0.2, 0.25) is 0 Å². The minimum Gasteiger partial charge on any atom is -0.495 e. The van der Waals surface area contributed by atoms with Gasteiger partial charge < -0.3 is 4.74 Å². The van der Waals surface area contributed by atoms with Gasteiger partial charge in [0.05, 0.1) is 19.0 Å². The van der Waals surface area contributed by atoms with Crippen molar-refractivity contribution >= 4 is 11.2 Å². The van der Waals surface area contributed by atoms with Gasteiger partial charge in [-0.05, 0) is 12.1 Å². The molecule has 84 valence electrons. The minimum atomic E-state index is 0.762. The summed E-state index contributed by atoms with van der Waals surface area (Å²) in [4.78, 5) is 12.4. The summed E-state index contributed by atoms with van der Waals surface area (Å²) in [6, 6.07) is 7.74. The van der Waals surface area contributed by atoms with Crippen LogP contribution in [-0.4, -0.2) is 26.6 Å². The van der Waals surface area contributed by atoms with Crippen LogP contribution in [-0.2, 0) is 0 Å². The summed E-state index contributed by atoms with van der Waals surface area (Å²) < 4.78 is 7.21. The summed E-state index contributed by atoms with van der Waals surface area (Å²) >= 11 is 0. The minimum absolute atomic E-state index is 0.762. The van der Waals surface area contributed by atoms with Crippen LogP contribution in [0, 0.1) is 0 Å². The van der Waals surface area contributed by atoms with Gasteiger partial charge in [0, 0.05) is 0 Å².